The molecule has 1 aromatic carbocycles. The van der Waals surface area contributed by atoms with Gasteiger partial charge in [0.15, 0.2) is 0 Å². The first-order valence-electron chi connectivity index (χ1n) is 7.97. The average molecular weight is 291 g/mol. The first kappa shape index (κ1) is 16.3. The summed E-state index contributed by atoms with van der Waals surface area (Å²) in [6, 6.07) is 6.68. The van der Waals surface area contributed by atoms with Gasteiger partial charge in [-0.05, 0) is 55.7 Å². The Bertz CT molecular complexity index is 470. The lowest BCUT2D eigenvalue weighted by Gasteiger charge is -2.20. The van der Waals surface area contributed by atoms with E-state index in [1.165, 1.54) is 24.8 Å². The maximum atomic E-state index is 10.1. The highest BCUT2D eigenvalue weighted by Gasteiger charge is 2.30. The number of ether oxygens (including phenoxy) is 1. The minimum absolute atomic E-state index is 0.341. The maximum Gasteiger partial charge on any atom is 0.122 e. The van der Waals surface area contributed by atoms with E-state index in [0.29, 0.717) is 24.6 Å². The Hall–Kier alpha value is -1.06. The summed E-state index contributed by atoms with van der Waals surface area (Å²) in [5.74, 6) is 0.871. The third-order valence-electron chi connectivity index (χ3n) is 4.39. The molecule has 1 aliphatic carbocycles. The van der Waals surface area contributed by atoms with E-state index in [1.807, 2.05) is 19.9 Å². The van der Waals surface area contributed by atoms with Crippen LogP contribution in [-0.2, 0) is 0 Å². The zero-order valence-electron chi connectivity index (χ0n) is 13.8. The Balaban J connectivity index is 1.72. The van der Waals surface area contributed by atoms with Crippen LogP contribution in [0.5, 0.6) is 5.75 Å². The van der Waals surface area contributed by atoms with Crippen molar-refractivity contribution in [3.05, 3.63) is 29.3 Å². The van der Waals surface area contributed by atoms with E-state index in [4.69, 9.17) is 4.74 Å². The van der Waals surface area contributed by atoms with Gasteiger partial charge in [-0.2, -0.15) is 0 Å². The number of aryl methyl sites for hydroxylation is 2. The zero-order chi connectivity index (χ0) is 15.5. The lowest BCUT2D eigenvalue weighted by Crippen LogP contribution is -2.37. The molecule has 1 fully saturated rings. The number of nitrogens with one attached hydrogen (secondary N) is 1. The van der Waals surface area contributed by atoms with Crippen molar-refractivity contribution >= 4 is 0 Å². The number of hydrogen-bond acceptors (Lipinski definition) is 3. The minimum atomic E-state index is -0.464. The molecule has 2 N–H and O–H groups in total. The number of benzene rings is 1. The molecule has 0 radical (unpaired) electrons. The maximum absolute atomic E-state index is 10.1. The molecule has 2 rings (SSSR count). The standard InChI is InChI=1S/C18H29NO2/c1-13-5-6-14(2)17(9-13)21-12-16(20)11-19-15-7-8-18(3,4)10-15/h5-6,9,15-16,19-20H,7-8,10-12H2,1-4H3. The molecule has 0 aliphatic heterocycles. The van der Waals surface area contributed by atoms with E-state index in [2.05, 4.69) is 31.3 Å². The Labute approximate surface area is 128 Å². The summed E-state index contributed by atoms with van der Waals surface area (Å²) < 4.78 is 5.75. The van der Waals surface area contributed by atoms with Gasteiger partial charge in [-0.3, -0.25) is 0 Å². The molecule has 1 aromatic rings. The van der Waals surface area contributed by atoms with Crippen LogP contribution >= 0.6 is 0 Å². The molecular weight excluding hydrogens is 262 g/mol. The van der Waals surface area contributed by atoms with Crippen molar-refractivity contribution in [3.63, 3.8) is 0 Å². The summed E-state index contributed by atoms with van der Waals surface area (Å²) in [5, 5.41) is 13.5. The van der Waals surface area contributed by atoms with Crippen molar-refractivity contribution in [3.8, 4) is 5.75 Å². The lowest BCUT2D eigenvalue weighted by atomic mass is 9.92. The predicted molar refractivity (Wildman–Crippen MR) is 86.8 cm³/mol. The van der Waals surface area contributed by atoms with Gasteiger partial charge in [0, 0.05) is 12.6 Å². The van der Waals surface area contributed by atoms with Gasteiger partial charge in [-0.1, -0.05) is 26.0 Å². The van der Waals surface area contributed by atoms with Crippen molar-refractivity contribution in [2.45, 2.75) is 59.1 Å². The van der Waals surface area contributed by atoms with E-state index < -0.39 is 6.10 Å². The number of rotatable bonds is 6. The molecule has 21 heavy (non-hydrogen) atoms. The van der Waals surface area contributed by atoms with Crippen LogP contribution in [0.4, 0.5) is 0 Å². The third-order valence-corrected chi connectivity index (χ3v) is 4.39. The van der Waals surface area contributed by atoms with Crippen LogP contribution in [0.2, 0.25) is 0 Å². The molecule has 2 unspecified atom stereocenters. The molecular formula is C18H29NO2. The van der Waals surface area contributed by atoms with Crippen LogP contribution in [0.1, 0.15) is 44.2 Å². The van der Waals surface area contributed by atoms with E-state index in [9.17, 15) is 5.11 Å². The first-order chi connectivity index (χ1) is 9.85. The average Bonchev–Trinajstić information content (AvgIpc) is 2.77. The molecule has 0 bridgehead atoms. The Morgan fingerprint density at radius 1 is 1.38 bits per heavy atom. The molecule has 0 amide bonds. The van der Waals surface area contributed by atoms with E-state index in [-0.39, 0.29) is 0 Å². The van der Waals surface area contributed by atoms with E-state index in [0.717, 1.165) is 11.3 Å². The third kappa shape index (κ3) is 5.01. The summed E-state index contributed by atoms with van der Waals surface area (Å²) in [6.45, 7) is 9.65. The van der Waals surface area contributed by atoms with Gasteiger partial charge in [0.2, 0.25) is 0 Å². The van der Waals surface area contributed by atoms with Crippen molar-refractivity contribution in [2.24, 2.45) is 5.41 Å². The largest absolute Gasteiger partial charge is 0.491 e. The van der Waals surface area contributed by atoms with Crippen LogP contribution in [0.3, 0.4) is 0 Å². The molecule has 1 saturated carbocycles. The first-order valence-corrected chi connectivity index (χ1v) is 7.97. The summed E-state index contributed by atoms with van der Waals surface area (Å²) in [4.78, 5) is 0. The van der Waals surface area contributed by atoms with Gasteiger partial charge in [-0.25, -0.2) is 0 Å². The van der Waals surface area contributed by atoms with Crippen molar-refractivity contribution in [2.75, 3.05) is 13.2 Å². The van der Waals surface area contributed by atoms with Gasteiger partial charge in [-0.15, -0.1) is 0 Å². The number of aliphatic hydroxyl groups is 1. The smallest absolute Gasteiger partial charge is 0.122 e. The minimum Gasteiger partial charge on any atom is -0.491 e. The highest BCUT2D eigenvalue weighted by molar-refractivity contribution is 5.35. The Kier molecular flexibility index (Phi) is 5.28. The van der Waals surface area contributed by atoms with Crippen LogP contribution in [0, 0.1) is 19.3 Å². The number of aliphatic hydroxyl groups excluding tert-OH is 1. The molecule has 3 heteroatoms. The Morgan fingerprint density at radius 3 is 2.81 bits per heavy atom. The fraction of sp³-hybridized carbons (Fsp3) is 0.667. The quantitative estimate of drug-likeness (QED) is 0.845. The van der Waals surface area contributed by atoms with Crippen LogP contribution in [0.25, 0.3) is 0 Å². The zero-order valence-corrected chi connectivity index (χ0v) is 13.8. The van der Waals surface area contributed by atoms with Crippen molar-refractivity contribution < 1.29 is 9.84 Å². The molecule has 1 aliphatic rings. The van der Waals surface area contributed by atoms with Gasteiger partial charge in [0.05, 0.1) is 0 Å². The van der Waals surface area contributed by atoms with Crippen molar-refractivity contribution in [1.29, 1.82) is 0 Å². The van der Waals surface area contributed by atoms with Crippen LogP contribution in [0.15, 0.2) is 18.2 Å². The van der Waals surface area contributed by atoms with Gasteiger partial charge >= 0.3 is 0 Å². The predicted octanol–water partition coefficient (Wildman–Crippen LogP) is 3.21. The molecule has 3 nitrogen and oxygen atoms in total. The molecule has 0 aromatic heterocycles. The number of hydrogen-bond donors (Lipinski definition) is 2. The van der Waals surface area contributed by atoms with Crippen LogP contribution in [-0.4, -0.2) is 30.4 Å². The monoisotopic (exact) mass is 291 g/mol. The fourth-order valence-corrected chi connectivity index (χ4v) is 3.02. The lowest BCUT2D eigenvalue weighted by molar-refractivity contribution is 0.103. The summed E-state index contributed by atoms with van der Waals surface area (Å²) in [7, 11) is 0. The Morgan fingerprint density at radius 2 is 2.14 bits per heavy atom. The molecule has 0 spiro atoms. The van der Waals surface area contributed by atoms with E-state index in [1.54, 1.807) is 0 Å². The highest BCUT2D eigenvalue weighted by Crippen LogP contribution is 2.36. The molecule has 0 saturated heterocycles. The summed E-state index contributed by atoms with van der Waals surface area (Å²) in [6.07, 6.45) is 3.20. The summed E-state index contributed by atoms with van der Waals surface area (Å²) >= 11 is 0. The second kappa shape index (κ2) is 6.80. The second-order valence-corrected chi connectivity index (χ2v) is 7.25. The van der Waals surface area contributed by atoms with E-state index >= 15 is 0 Å². The molecule has 0 heterocycles. The van der Waals surface area contributed by atoms with Gasteiger partial charge in [0.1, 0.15) is 18.5 Å². The second-order valence-electron chi connectivity index (χ2n) is 7.25. The highest BCUT2D eigenvalue weighted by atomic mass is 16.5. The molecule has 118 valence electrons. The SMILES string of the molecule is Cc1ccc(C)c(OCC(O)CNC2CCC(C)(C)C2)c1. The normalized spacial score (nSPS) is 22.2. The summed E-state index contributed by atoms with van der Waals surface area (Å²) in [5.41, 5.74) is 2.73. The molecule has 2 atom stereocenters. The topological polar surface area (TPSA) is 41.5 Å². The van der Waals surface area contributed by atoms with Crippen molar-refractivity contribution in [1.82, 2.24) is 5.32 Å². The van der Waals surface area contributed by atoms with Gasteiger partial charge in [0.25, 0.3) is 0 Å². The van der Waals surface area contributed by atoms with Gasteiger partial charge < -0.3 is 15.2 Å². The van der Waals surface area contributed by atoms with Crippen LogP contribution < -0.4 is 10.1 Å². The fourth-order valence-electron chi connectivity index (χ4n) is 3.02.